The third-order valence-electron chi connectivity index (χ3n) is 4.64. The van der Waals surface area contributed by atoms with Gasteiger partial charge in [-0.15, -0.1) is 0 Å². The number of halogens is 1. The third-order valence-corrected chi connectivity index (χ3v) is 4.97. The molecule has 0 bridgehead atoms. The topological polar surface area (TPSA) is 48.5 Å². The first kappa shape index (κ1) is 17.9. The summed E-state index contributed by atoms with van der Waals surface area (Å²) in [5.41, 5.74) is 1.89. The van der Waals surface area contributed by atoms with E-state index in [1.54, 1.807) is 12.3 Å². The van der Waals surface area contributed by atoms with E-state index in [0.717, 1.165) is 26.2 Å². The van der Waals surface area contributed by atoms with E-state index in [0.29, 0.717) is 23.3 Å². The monoisotopic (exact) mass is 358 g/mol. The van der Waals surface area contributed by atoms with E-state index >= 15 is 0 Å². The minimum absolute atomic E-state index is 0.0261. The SMILES string of the molecule is CC(c1cccnc1)N1CCN(CC(=O)Nc2ccccc2Cl)CC1. The van der Waals surface area contributed by atoms with Gasteiger partial charge in [0.05, 0.1) is 17.3 Å². The van der Waals surface area contributed by atoms with Crippen LogP contribution in [0.1, 0.15) is 18.5 Å². The number of nitrogens with one attached hydrogen (secondary N) is 1. The number of amides is 1. The van der Waals surface area contributed by atoms with Crippen molar-refractivity contribution in [1.29, 1.82) is 0 Å². The summed E-state index contributed by atoms with van der Waals surface area (Å²) in [6, 6.07) is 11.7. The molecule has 2 heterocycles. The van der Waals surface area contributed by atoms with Crippen LogP contribution < -0.4 is 5.32 Å². The number of carbonyl (C=O) groups excluding carboxylic acids is 1. The van der Waals surface area contributed by atoms with Gasteiger partial charge in [-0.1, -0.05) is 29.8 Å². The molecule has 1 aromatic carbocycles. The smallest absolute Gasteiger partial charge is 0.238 e. The number of aromatic nitrogens is 1. The van der Waals surface area contributed by atoms with Crippen LogP contribution in [0.4, 0.5) is 5.69 Å². The van der Waals surface area contributed by atoms with E-state index < -0.39 is 0 Å². The lowest BCUT2D eigenvalue weighted by molar-refractivity contribution is -0.117. The highest BCUT2D eigenvalue weighted by Gasteiger charge is 2.23. The molecule has 1 unspecified atom stereocenters. The molecular weight excluding hydrogens is 336 g/mol. The van der Waals surface area contributed by atoms with Gasteiger partial charge in [0.15, 0.2) is 0 Å². The Morgan fingerprint density at radius 1 is 1.20 bits per heavy atom. The number of benzene rings is 1. The number of hydrogen-bond acceptors (Lipinski definition) is 4. The normalized spacial score (nSPS) is 17.2. The van der Waals surface area contributed by atoms with Crippen molar-refractivity contribution in [2.75, 3.05) is 38.0 Å². The van der Waals surface area contributed by atoms with E-state index in [1.165, 1.54) is 5.56 Å². The predicted molar refractivity (Wildman–Crippen MR) is 101 cm³/mol. The van der Waals surface area contributed by atoms with Crippen LogP contribution in [-0.2, 0) is 4.79 Å². The zero-order chi connectivity index (χ0) is 17.6. The van der Waals surface area contributed by atoms with E-state index in [-0.39, 0.29) is 5.91 Å². The van der Waals surface area contributed by atoms with Crippen molar-refractivity contribution in [3.8, 4) is 0 Å². The fraction of sp³-hybridized carbons (Fsp3) is 0.368. The summed E-state index contributed by atoms with van der Waals surface area (Å²) in [4.78, 5) is 21.0. The van der Waals surface area contributed by atoms with Crippen molar-refractivity contribution in [3.05, 3.63) is 59.4 Å². The fourth-order valence-corrected chi connectivity index (χ4v) is 3.28. The molecule has 1 atom stereocenters. The molecule has 6 heteroatoms. The summed E-state index contributed by atoms with van der Waals surface area (Å²) < 4.78 is 0. The Morgan fingerprint density at radius 3 is 2.64 bits per heavy atom. The lowest BCUT2D eigenvalue weighted by Crippen LogP contribution is -2.49. The van der Waals surface area contributed by atoms with Crippen molar-refractivity contribution in [1.82, 2.24) is 14.8 Å². The first-order valence-corrected chi connectivity index (χ1v) is 8.92. The van der Waals surface area contributed by atoms with Gasteiger partial charge in [0.2, 0.25) is 5.91 Å². The van der Waals surface area contributed by atoms with Gasteiger partial charge in [-0.25, -0.2) is 0 Å². The average Bonchev–Trinajstić information content (AvgIpc) is 2.64. The maximum atomic E-state index is 12.2. The number of para-hydroxylation sites is 1. The van der Waals surface area contributed by atoms with Crippen molar-refractivity contribution >= 4 is 23.2 Å². The Balaban J connectivity index is 1.48. The minimum Gasteiger partial charge on any atom is -0.324 e. The zero-order valence-electron chi connectivity index (χ0n) is 14.4. The van der Waals surface area contributed by atoms with Gasteiger partial charge in [-0.2, -0.15) is 0 Å². The minimum atomic E-state index is -0.0261. The predicted octanol–water partition coefficient (Wildman–Crippen LogP) is 3.05. The van der Waals surface area contributed by atoms with Gasteiger partial charge in [-0.05, 0) is 30.7 Å². The van der Waals surface area contributed by atoms with Gasteiger partial charge in [-0.3, -0.25) is 19.6 Å². The summed E-state index contributed by atoms with van der Waals surface area (Å²) in [6.07, 6.45) is 3.72. The van der Waals surface area contributed by atoms with Gasteiger partial charge in [0, 0.05) is 44.6 Å². The number of pyridine rings is 1. The Morgan fingerprint density at radius 2 is 1.96 bits per heavy atom. The number of anilines is 1. The molecule has 1 aliphatic rings. The number of rotatable bonds is 5. The molecule has 3 rings (SSSR count). The molecular formula is C19H23ClN4O. The molecule has 1 amide bonds. The second-order valence-corrected chi connectivity index (χ2v) is 6.71. The summed E-state index contributed by atoms with van der Waals surface area (Å²) in [7, 11) is 0. The average molecular weight is 359 g/mol. The summed E-state index contributed by atoms with van der Waals surface area (Å²) in [6.45, 7) is 6.23. The van der Waals surface area contributed by atoms with Crippen molar-refractivity contribution in [2.24, 2.45) is 0 Å². The number of hydrogen-bond donors (Lipinski definition) is 1. The van der Waals surface area contributed by atoms with Crippen LogP contribution in [0.3, 0.4) is 0 Å². The number of carbonyl (C=O) groups is 1. The van der Waals surface area contributed by atoms with Crippen LogP contribution in [0.15, 0.2) is 48.8 Å². The second kappa shape index (κ2) is 8.43. The van der Waals surface area contributed by atoms with E-state index in [1.807, 2.05) is 30.5 Å². The Labute approximate surface area is 153 Å². The highest BCUT2D eigenvalue weighted by Crippen LogP contribution is 2.22. The maximum Gasteiger partial charge on any atom is 0.238 e. The largest absolute Gasteiger partial charge is 0.324 e. The molecule has 0 aliphatic carbocycles. The highest BCUT2D eigenvalue weighted by molar-refractivity contribution is 6.33. The number of nitrogens with zero attached hydrogens (tertiary/aromatic N) is 3. The van der Waals surface area contributed by atoms with Gasteiger partial charge < -0.3 is 5.32 Å². The standard InChI is InChI=1S/C19H23ClN4O/c1-15(16-5-4-8-21-13-16)24-11-9-23(10-12-24)14-19(25)22-18-7-3-2-6-17(18)20/h2-8,13,15H,9-12,14H2,1H3,(H,22,25). The summed E-state index contributed by atoms with van der Waals surface area (Å²) in [5.74, 6) is -0.0261. The summed E-state index contributed by atoms with van der Waals surface area (Å²) in [5, 5.41) is 3.44. The fourth-order valence-electron chi connectivity index (χ4n) is 3.10. The molecule has 0 radical (unpaired) electrons. The lowest BCUT2D eigenvalue weighted by atomic mass is 10.1. The van der Waals surface area contributed by atoms with Crippen LogP contribution in [0, 0.1) is 0 Å². The molecule has 0 spiro atoms. The Kier molecular flexibility index (Phi) is 6.02. The molecule has 1 fully saturated rings. The number of piperazine rings is 1. The van der Waals surface area contributed by atoms with Gasteiger partial charge in [0.25, 0.3) is 0 Å². The molecule has 132 valence electrons. The first-order chi connectivity index (χ1) is 12.1. The summed E-state index contributed by atoms with van der Waals surface area (Å²) >= 11 is 6.08. The van der Waals surface area contributed by atoms with Crippen LogP contribution >= 0.6 is 11.6 Å². The Hall–Kier alpha value is -1.95. The molecule has 2 aromatic rings. The van der Waals surface area contributed by atoms with Crippen molar-refractivity contribution in [2.45, 2.75) is 13.0 Å². The van der Waals surface area contributed by atoms with E-state index in [9.17, 15) is 4.79 Å². The molecule has 25 heavy (non-hydrogen) atoms. The van der Waals surface area contributed by atoms with Crippen LogP contribution in [0.5, 0.6) is 0 Å². The van der Waals surface area contributed by atoms with Crippen molar-refractivity contribution in [3.63, 3.8) is 0 Å². The van der Waals surface area contributed by atoms with Gasteiger partial charge in [0.1, 0.15) is 0 Å². The molecule has 1 N–H and O–H groups in total. The van der Waals surface area contributed by atoms with E-state index in [2.05, 4.69) is 33.1 Å². The highest BCUT2D eigenvalue weighted by atomic mass is 35.5. The lowest BCUT2D eigenvalue weighted by Gasteiger charge is -2.37. The molecule has 5 nitrogen and oxygen atoms in total. The molecule has 1 aliphatic heterocycles. The van der Waals surface area contributed by atoms with Crippen molar-refractivity contribution < 1.29 is 4.79 Å². The third kappa shape index (κ3) is 4.78. The zero-order valence-corrected chi connectivity index (χ0v) is 15.1. The molecule has 1 saturated heterocycles. The van der Waals surface area contributed by atoms with Crippen LogP contribution in [0.25, 0.3) is 0 Å². The molecule has 1 aromatic heterocycles. The quantitative estimate of drug-likeness (QED) is 0.892. The Bertz CT molecular complexity index is 702. The van der Waals surface area contributed by atoms with Crippen LogP contribution in [-0.4, -0.2) is 53.4 Å². The van der Waals surface area contributed by atoms with E-state index in [4.69, 9.17) is 11.6 Å². The maximum absolute atomic E-state index is 12.2. The van der Waals surface area contributed by atoms with Crippen LogP contribution in [0.2, 0.25) is 5.02 Å². The second-order valence-electron chi connectivity index (χ2n) is 6.30. The van der Waals surface area contributed by atoms with Gasteiger partial charge >= 0.3 is 0 Å². The molecule has 0 saturated carbocycles. The first-order valence-electron chi connectivity index (χ1n) is 8.54.